The van der Waals surface area contributed by atoms with E-state index in [9.17, 15) is 5.11 Å². The standard InChI is InChI=1S/C19H24O2/c1-2-14-6-5-8-16(12-14)21-19-11-10-15-7-3-4-9-17(15)18(19)13-20/h3-4,7,9-11,14,16,20H,2,5-6,8,12-13H2,1H3. The van der Waals surface area contributed by atoms with Crippen LogP contribution in [0.15, 0.2) is 36.4 Å². The van der Waals surface area contributed by atoms with Crippen LogP contribution in [-0.2, 0) is 6.61 Å². The summed E-state index contributed by atoms with van der Waals surface area (Å²) in [5.74, 6) is 1.65. The molecule has 2 heteroatoms. The summed E-state index contributed by atoms with van der Waals surface area (Å²) in [5.41, 5.74) is 0.923. The fraction of sp³-hybridized carbons (Fsp3) is 0.474. The Morgan fingerprint density at radius 2 is 2.00 bits per heavy atom. The Kier molecular flexibility index (Phi) is 4.45. The Balaban J connectivity index is 1.86. The molecule has 0 spiro atoms. The van der Waals surface area contributed by atoms with Crippen LogP contribution in [0.25, 0.3) is 10.8 Å². The molecule has 0 amide bonds. The number of aliphatic hydroxyl groups is 1. The van der Waals surface area contributed by atoms with Gasteiger partial charge in [0.1, 0.15) is 5.75 Å². The lowest BCUT2D eigenvalue weighted by atomic mass is 9.85. The van der Waals surface area contributed by atoms with Crippen LogP contribution in [0.1, 0.15) is 44.6 Å². The molecular formula is C19H24O2. The first-order valence-electron chi connectivity index (χ1n) is 8.10. The largest absolute Gasteiger partial charge is 0.490 e. The average molecular weight is 284 g/mol. The van der Waals surface area contributed by atoms with Gasteiger partial charge in [-0.3, -0.25) is 0 Å². The van der Waals surface area contributed by atoms with Gasteiger partial charge in [-0.25, -0.2) is 0 Å². The van der Waals surface area contributed by atoms with Crippen molar-refractivity contribution < 1.29 is 9.84 Å². The Morgan fingerprint density at radius 3 is 2.81 bits per heavy atom. The van der Waals surface area contributed by atoms with E-state index in [0.29, 0.717) is 6.10 Å². The summed E-state index contributed by atoms with van der Waals surface area (Å²) in [6, 6.07) is 12.3. The van der Waals surface area contributed by atoms with E-state index in [1.807, 2.05) is 18.2 Å². The molecule has 21 heavy (non-hydrogen) atoms. The van der Waals surface area contributed by atoms with E-state index in [0.717, 1.165) is 40.8 Å². The van der Waals surface area contributed by atoms with Crippen LogP contribution in [0, 0.1) is 5.92 Å². The van der Waals surface area contributed by atoms with Gasteiger partial charge < -0.3 is 9.84 Å². The van der Waals surface area contributed by atoms with E-state index in [-0.39, 0.29) is 6.61 Å². The fourth-order valence-corrected chi connectivity index (χ4v) is 3.49. The Labute approximate surface area is 126 Å². The van der Waals surface area contributed by atoms with Crippen LogP contribution < -0.4 is 4.74 Å². The Morgan fingerprint density at radius 1 is 1.14 bits per heavy atom. The van der Waals surface area contributed by atoms with Crippen LogP contribution in [0.3, 0.4) is 0 Å². The highest BCUT2D eigenvalue weighted by Crippen LogP contribution is 2.33. The molecule has 0 aliphatic heterocycles. The second-order valence-corrected chi connectivity index (χ2v) is 6.10. The van der Waals surface area contributed by atoms with Crippen LogP contribution in [0.2, 0.25) is 0 Å². The molecule has 2 unspecified atom stereocenters. The first-order valence-corrected chi connectivity index (χ1v) is 8.10. The topological polar surface area (TPSA) is 29.5 Å². The molecule has 1 aliphatic rings. The number of fused-ring (bicyclic) bond motifs is 1. The minimum Gasteiger partial charge on any atom is -0.490 e. The van der Waals surface area contributed by atoms with E-state index in [1.54, 1.807) is 0 Å². The van der Waals surface area contributed by atoms with Gasteiger partial charge in [-0.15, -0.1) is 0 Å². The lowest BCUT2D eigenvalue weighted by Crippen LogP contribution is -2.25. The molecule has 1 aliphatic carbocycles. The van der Waals surface area contributed by atoms with Crippen molar-refractivity contribution in [2.75, 3.05) is 0 Å². The highest BCUT2D eigenvalue weighted by Gasteiger charge is 2.23. The maximum Gasteiger partial charge on any atom is 0.125 e. The number of ether oxygens (including phenoxy) is 1. The quantitative estimate of drug-likeness (QED) is 0.883. The Bertz CT molecular complexity index is 606. The molecule has 2 aromatic carbocycles. The second kappa shape index (κ2) is 6.48. The molecule has 0 bridgehead atoms. The van der Waals surface area contributed by atoms with Gasteiger partial charge in [0.15, 0.2) is 0 Å². The van der Waals surface area contributed by atoms with Crippen LogP contribution in [-0.4, -0.2) is 11.2 Å². The first kappa shape index (κ1) is 14.4. The predicted molar refractivity (Wildman–Crippen MR) is 86.5 cm³/mol. The number of benzene rings is 2. The van der Waals surface area contributed by atoms with Gasteiger partial charge in [-0.2, -0.15) is 0 Å². The van der Waals surface area contributed by atoms with Gasteiger partial charge in [0.2, 0.25) is 0 Å². The fourth-order valence-electron chi connectivity index (χ4n) is 3.49. The van der Waals surface area contributed by atoms with E-state index in [2.05, 4.69) is 25.1 Å². The number of hydrogen-bond donors (Lipinski definition) is 1. The molecule has 1 saturated carbocycles. The minimum atomic E-state index is 0.0284. The summed E-state index contributed by atoms with van der Waals surface area (Å²) in [6.45, 7) is 2.29. The molecule has 1 fully saturated rings. The van der Waals surface area contributed by atoms with Crippen molar-refractivity contribution in [3.63, 3.8) is 0 Å². The highest BCUT2D eigenvalue weighted by molar-refractivity contribution is 5.87. The van der Waals surface area contributed by atoms with Crippen molar-refractivity contribution in [1.29, 1.82) is 0 Å². The summed E-state index contributed by atoms with van der Waals surface area (Å²) in [7, 11) is 0. The molecule has 2 aromatic rings. The van der Waals surface area contributed by atoms with Gasteiger partial charge in [0, 0.05) is 5.56 Å². The third kappa shape index (κ3) is 3.06. The zero-order valence-corrected chi connectivity index (χ0v) is 12.7. The molecule has 2 atom stereocenters. The zero-order valence-electron chi connectivity index (χ0n) is 12.7. The molecule has 0 saturated heterocycles. The van der Waals surface area contributed by atoms with Crippen molar-refractivity contribution in [1.82, 2.24) is 0 Å². The van der Waals surface area contributed by atoms with Crippen LogP contribution >= 0.6 is 0 Å². The monoisotopic (exact) mass is 284 g/mol. The van der Waals surface area contributed by atoms with Crippen molar-refractivity contribution in [2.24, 2.45) is 5.92 Å². The van der Waals surface area contributed by atoms with Crippen molar-refractivity contribution in [2.45, 2.75) is 51.7 Å². The van der Waals surface area contributed by atoms with Crippen LogP contribution in [0.4, 0.5) is 0 Å². The number of rotatable bonds is 4. The Hall–Kier alpha value is -1.54. The number of aliphatic hydroxyl groups excluding tert-OH is 1. The molecular weight excluding hydrogens is 260 g/mol. The maximum atomic E-state index is 9.76. The smallest absolute Gasteiger partial charge is 0.125 e. The molecule has 2 nitrogen and oxygen atoms in total. The summed E-state index contributed by atoms with van der Waals surface area (Å²) in [5, 5.41) is 12.0. The van der Waals surface area contributed by atoms with Gasteiger partial charge in [0.25, 0.3) is 0 Å². The van der Waals surface area contributed by atoms with E-state index < -0.39 is 0 Å². The van der Waals surface area contributed by atoms with E-state index in [4.69, 9.17) is 4.74 Å². The molecule has 0 heterocycles. The lowest BCUT2D eigenvalue weighted by Gasteiger charge is -2.29. The average Bonchev–Trinajstić information content (AvgIpc) is 2.55. The molecule has 112 valence electrons. The number of hydrogen-bond acceptors (Lipinski definition) is 2. The first-order chi connectivity index (χ1) is 10.3. The van der Waals surface area contributed by atoms with Gasteiger partial charge in [0.05, 0.1) is 12.7 Å². The predicted octanol–water partition coefficient (Wildman–Crippen LogP) is 4.68. The minimum absolute atomic E-state index is 0.0284. The van der Waals surface area contributed by atoms with Crippen molar-refractivity contribution in [3.05, 3.63) is 42.0 Å². The maximum absolute atomic E-state index is 9.76. The normalized spacial score (nSPS) is 22.4. The summed E-state index contributed by atoms with van der Waals surface area (Å²) >= 11 is 0. The van der Waals surface area contributed by atoms with Gasteiger partial charge in [-0.05, 0) is 42.0 Å². The summed E-state index contributed by atoms with van der Waals surface area (Å²) in [6.07, 6.45) is 6.41. The van der Waals surface area contributed by atoms with E-state index >= 15 is 0 Å². The third-order valence-electron chi connectivity index (χ3n) is 4.76. The SMILES string of the molecule is CCC1CCCC(Oc2ccc3ccccc3c2CO)C1. The molecule has 1 N–H and O–H groups in total. The zero-order chi connectivity index (χ0) is 14.7. The van der Waals surface area contributed by atoms with E-state index in [1.165, 1.54) is 19.3 Å². The van der Waals surface area contributed by atoms with Gasteiger partial charge >= 0.3 is 0 Å². The van der Waals surface area contributed by atoms with Crippen LogP contribution in [0.5, 0.6) is 5.75 Å². The molecule has 3 rings (SSSR count). The van der Waals surface area contributed by atoms with Crippen molar-refractivity contribution in [3.8, 4) is 5.75 Å². The molecule has 0 radical (unpaired) electrons. The molecule has 0 aromatic heterocycles. The lowest BCUT2D eigenvalue weighted by molar-refractivity contribution is 0.119. The summed E-state index contributed by atoms with van der Waals surface area (Å²) < 4.78 is 6.26. The second-order valence-electron chi connectivity index (χ2n) is 6.10. The van der Waals surface area contributed by atoms with Crippen molar-refractivity contribution >= 4 is 10.8 Å². The van der Waals surface area contributed by atoms with Gasteiger partial charge in [-0.1, -0.05) is 50.1 Å². The summed E-state index contributed by atoms with van der Waals surface area (Å²) in [4.78, 5) is 0. The third-order valence-corrected chi connectivity index (χ3v) is 4.76. The highest BCUT2D eigenvalue weighted by atomic mass is 16.5.